The van der Waals surface area contributed by atoms with Crippen LogP contribution in [0.15, 0.2) is 75.4 Å². The lowest BCUT2D eigenvalue weighted by Gasteiger charge is -2.20. The summed E-state index contributed by atoms with van der Waals surface area (Å²) in [7, 11) is -3.68. The van der Waals surface area contributed by atoms with Crippen molar-refractivity contribution < 1.29 is 17.6 Å². The Kier molecular flexibility index (Phi) is 6.42. The number of fused-ring (bicyclic) bond motifs is 1. The number of anilines is 1. The summed E-state index contributed by atoms with van der Waals surface area (Å²) >= 11 is 7.51. The Hall–Kier alpha value is -2.61. The maximum Gasteiger partial charge on any atom is 0.262 e. The van der Waals surface area contributed by atoms with Crippen molar-refractivity contribution in [1.29, 1.82) is 0 Å². The topological polar surface area (TPSA) is 63.2 Å². The molecular formula is C24H19ClFNO3S2. The number of hydrogen-bond donors (Lipinski definition) is 1. The van der Waals surface area contributed by atoms with Gasteiger partial charge >= 0.3 is 0 Å². The highest BCUT2D eigenvalue weighted by atomic mass is 35.5. The Labute approximate surface area is 195 Å². The van der Waals surface area contributed by atoms with Crippen LogP contribution in [0.5, 0.6) is 0 Å². The number of amides is 1. The summed E-state index contributed by atoms with van der Waals surface area (Å²) in [5.74, 6) is -0.915. The molecule has 0 aliphatic carbocycles. The Balaban J connectivity index is 1.62. The van der Waals surface area contributed by atoms with Crippen LogP contribution in [0.25, 0.3) is 6.08 Å². The zero-order chi connectivity index (χ0) is 22.9. The maximum absolute atomic E-state index is 13.1. The molecule has 4 rings (SSSR count). The average Bonchev–Trinajstić information content (AvgIpc) is 2.76. The van der Waals surface area contributed by atoms with Gasteiger partial charge in [0.15, 0.2) is 9.84 Å². The van der Waals surface area contributed by atoms with Gasteiger partial charge < -0.3 is 5.32 Å². The van der Waals surface area contributed by atoms with Crippen LogP contribution in [-0.2, 0) is 26.8 Å². The third-order valence-corrected chi connectivity index (χ3v) is 8.20. The summed E-state index contributed by atoms with van der Waals surface area (Å²) < 4.78 is 39.3. The van der Waals surface area contributed by atoms with Crippen molar-refractivity contribution >= 4 is 50.9 Å². The number of hydrogen-bond acceptors (Lipinski definition) is 4. The second kappa shape index (κ2) is 9.10. The molecule has 3 aromatic rings. The lowest BCUT2D eigenvalue weighted by Crippen LogP contribution is -2.18. The number of thioether (sulfide) groups is 1. The molecule has 0 saturated carbocycles. The van der Waals surface area contributed by atoms with Crippen molar-refractivity contribution in [2.24, 2.45) is 0 Å². The summed E-state index contributed by atoms with van der Waals surface area (Å²) in [5.41, 5.74) is 2.61. The van der Waals surface area contributed by atoms with E-state index in [0.29, 0.717) is 33.2 Å². The van der Waals surface area contributed by atoms with E-state index in [0.717, 1.165) is 10.5 Å². The fourth-order valence-corrected chi connectivity index (χ4v) is 6.15. The minimum atomic E-state index is -3.68. The van der Waals surface area contributed by atoms with Crippen LogP contribution >= 0.6 is 23.4 Å². The molecule has 8 heteroatoms. The van der Waals surface area contributed by atoms with Crippen molar-refractivity contribution in [3.63, 3.8) is 0 Å². The van der Waals surface area contributed by atoms with E-state index in [-0.39, 0.29) is 22.4 Å². The van der Waals surface area contributed by atoms with Crippen LogP contribution in [0.3, 0.4) is 0 Å². The van der Waals surface area contributed by atoms with Gasteiger partial charge in [0.2, 0.25) is 0 Å². The lowest BCUT2D eigenvalue weighted by molar-refractivity contribution is -0.112. The van der Waals surface area contributed by atoms with Crippen molar-refractivity contribution in [3.05, 3.63) is 93.1 Å². The monoisotopic (exact) mass is 487 g/mol. The summed E-state index contributed by atoms with van der Waals surface area (Å²) in [6.45, 7) is 1.95. The molecule has 3 aromatic carbocycles. The number of carbonyl (C=O) groups excluding carboxylic acids is 1. The highest BCUT2D eigenvalue weighted by Gasteiger charge is 2.25. The minimum absolute atomic E-state index is 0.116. The predicted molar refractivity (Wildman–Crippen MR) is 127 cm³/mol. The molecule has 0 spiro atoms. The number of carbonyl (C=O) groups is 1. The van der Waals surface area contributed by atoms with E-state index in [2.05, 4.69) is 5.32 Å². The average molecular weight is 488 g/mol. The van der Waals surface area contributed by atoms with E-state index in [1.54, 1.807) is 36.4 Å². The Bertz CT molecular complexity index is 1340. The molecule has 164 valence electrons. The van der Waals surface area contributed by atoms with Crippen molar-refractivity contribution in [1.82, 2.24) is 0 Å². The molecule has 4 nitrogen and oxygen atoms in total. The first-order chi connectivity index (χ1) is 15.3. The Morgan fingerprint density at radius 2 is 1.84 bits per heavy atom. The number of benzene rings is 3. The van der Waals surface area contributed by atoms with Gasteiger partial charge in [-0.2, -0.15) is 0 Å². The zero-order valence-corrected chi connectivity index (χ0v) is 19.5. The third kappa shape index (κ3) is 4.75. The van der Waals surface area contributed by atoms with E-state index in [9.17, 15) is 17.6 Å². The van der Waals surface area contributed by atoms with Crippen molar-refractivity contribution in [2.45, 2.75) is 28.9 Å². The molecule has 0 atom stereocenters. The van der Waals surface area contributed by atoms with Gasteiger partial charge in [0.1, 0.15) is 5.82 Å². The van der Waals surface area contributed by atoms with Gasteiger partial charge in [-0.25, -0.2) is 12.8 Å². The van der Waals surface area contributed by atoms with Crippen LogP contribution in [0.4, 0.5) is 10.1 Å². The zero-order valence-electron chi connectivity index (χ0n) is 17.1. The molecule has 1 aliphatic heterocycles. The van der Waals surface area contributed by atoms with Gasteiger partial charge in [-0.15, -0.1) is 0 Å². The molecule has 32 heavy (non-hydrogen) atoms. The maximum atomic E-state index is 13.1. The molecule has 1 aliphatic rings. The quantitative estimate of drug-likeness (QED) is 0.441. The lowest BCUT2D eigenvalue weighted by atomic mass is 10.1. The van der Waals surface area contributed by atoms with Gasteiger partial charge in [-0.1, -0.05) is 54.6 Å². The highest BCUT2D eigenvalue weighted by molar-refractivity contribution is 8.04. The minimum Gasteiger partial charge on any atom is -0.320 e. The third-order valence-electron chi connectivity index (χ3n) is 5.10. The summed E-state index contributed by atoms with van der Waals surface area (Å²) in [4.78, 5) is 13.8. The first kappa shape index (κ1) is 22.6. The van der Waals surface area contributed by atoms with E-state index in [4.69, 9.17) is 11.6 Å². The number of sulfone groups is 1. The number of rotatable bonds is 5. The van der Waals surface area contributed by atoms with Crippen molar-refractivity contribution in [2.75, 3.05) is 5.32 Å². The van der Waals surface area contributed by atoms with Crippen LogP contribution < -0.4 is 5.32 Å². The van der Waals surface area contributed by atoms with Crippen LogP contribution in [0.2, 0.25) is 5.02 Å². The molecule has 0 fully saturated rings. The molecule has 1 heterocycles. The first-order valence-corrected chi connectivity index (χ1v) is 12.7. The molecule has 0 unspecified atom stereocenters. The van der Waals surface area contributed by atoms with Crippen LogP contribution in [-0.4, -0.2) is 14.3 Å². The fourth-order valence-electron chi connectivity index (χ4n) is 3.41. The number of aryl methyl sites for hydroxylation is 1. The van der Waals surface area contributed by atoms with Crippen LogP contribution in [0.1, 0.15) is 23.6 Å². The second-order valence-electron chi connectivity index (χ2n) is 7.26. The van der Waals surface area contributed by atoms with Gasteiger partial charge in [0.05, 0.1) is 21.2 Å². The smallest absolute Gasteiger partial charge is 0.262 e. The molecule has 0 aromatic heterocycles. The normalized spacial score (nSPS) is 14.8. The molecule has 0 bridgehead atoms. The van der Waals surface area contributed by atoms with Gasteiger partial charge in [0.25, 0.3) is 5.91 Å². The van der Waals surface area contributed by atoms with E-state index >= 15 is 0 Å². The highest BCUT2D eigenvalue weighted by Crippen LogP contribution is 2.40. The van der Waals surface area contributed by atoms with E-state index < -0.39 is 9.84 Å². The fraction of sp³-hybridized carbons (Fsp3) is 0.125. The Morgan fingerprint density at radius 3 is 2.56 bits per heavy atom. The largest absolute Gasteiger partial charge is 0.320 e. The van der Waals surface area contributed by atoms with E-state index in [1.165, 1.54) is 36.0 Å². The molecule has 0 radical (unpaired) electrons. The standard InChI is InChI=1S/C24H19ClFNO3S2/c1-2-16-4-3-5-20(25)19(16)14-32(29,30)18-10-11-22-21(13-18)27-24(28)23(31-22)12-15-6-8-17(26)9-7-15/h3-13H,2,14H2,1H3,(H,27,28)/b23-12-. The van der Waals surface area contributed by atoms with E-state index in [1.807, 2.05) is 13.0 Å². The first-order valence-electron chi connectivity index (χ1n) is 9.86. The molecule has 0 saturated heterocycles. The SMILES string of the molecule is CCc1cccc(Cl)c1CS(=O)(=O)c1ccc2c(c1)NC(=O)/C(=C/c1ccc(F)cc1)S2. The van der Waals surface area contributed by atoms with Crippen LogP contribution in [0, 0.1) is 5.82 Å². The molecular weight excluding hydrogens is 469 g/mol. The Morgan fingerprint density at radius 1 is 1.09 bits per heavy atom. The van der Waals surface area contributed by atoms with Gasteiger partial charge in [-0.3, -0.25) is 4.79 Å². The van der Waals surface area contributed by atoms with Crippen molar-refractivity contribution in [3.8, 4) is 0 Å². The molecule has 1 amide bonds. The summed E-state index contributed by atoms with van der Waals surface area (Å²) in [6.07, 6.45) is 2.34. The predicted octanol–water partition coefficient (Wildman–Crippen LogP) is 6.10. The summed E-state index contributed by atoms with van der Waals surface area (Å²) in [6, 6.07) is 15.9. The number of nitrogens with one attached hydrogen (secondary N) is 1. The van der Waals surface area contributed by atoms with Gasteiger partial charge in [0, 0.05) is 9.92 Å². The number of halogens is 2. The van der Waals surface area contributed by atoms with Gasteiger partial charge in [-0.05, 0) is 65.6 Å². The second-order valence-corrected chi connectivity index (χ2v) is 10.7. The molecule has 1 N–H and O–H groups in total. The summed E-state index contributed by atoms with van der Waals surface area (Å²) in [5, 5.41) is 3.18.